The molecule has 1 atom stereocenters. The van der Waals surface area contributed by atoms with E-state index >= 15 is 0 Å². The highest BCUT2D eigenvalue weighted by molar-refractivity contribution is 8.18. The maximum Gasteiger partial charge on any atom is 0.123 e. The minimum atomic E-state index is -1.02. The van der Waals surface area contributed by atoms with Gasteiger partial charge in [0.1, 0.15) is 11.4 Å². The third kappa shape index (κ3) is 2.49. The van der Waals surface area contributed by atoms with Gasteiger partial charge in [-0.05, 0) is 49.5 Å². The fourth-order valence-electron chi connectivity index (χ4n) is 1.97. The van der Waals surface area contributed by atoms with Crippen LogP contribution in [-0.4, -0.2) is 20.7 Å². The summed E-state index contributed by atoms with van der Waals surface area (Å²) >= 11 is 3.53. The molecule has 1 aromatic carbocycles. The molecule has 0 bridgehead atoms. The van der Waals surface area contributed by atoms with E-state index < -0.39 is 5.60 Å². The molecule has 0 radical (unpaired) electrons. The van der Waals surface area contributed by atoms with Crippen LogP contribution >= 0.6 is 23.5 Å². The zero-order chi connectivity index (χ0) is 12.5. The second kappa shape index (κ2) is 4.82. The fourth-order valence-corrected chi connectivity index (χ4v) is 5.14. The molecule has 17 heavy (non-hydrogen) atoms. The number of hydrogen-bond donors (Lipinski definition) is 1. The summed E-state index contributed by atoms with van der Waals surface area (Å²) < 4.78 is 13.0. The Bertz CT molecular complexity index is 400. The zero-order valence-electron chi connectivity index (χ0n) is 10.1. The molecular weight excluding hydrogens is 255 g/mol. The average Bonchev–Trinajstić information content (AvgIpc) is 2.30. The Labute approximate surface area is 110 Å². The molecule has 0 aliphatic carbocycles. The Hall–Kier alpha value is -0.190. The molecular formula is C13H17FOS2. The zero-order valence-corrected chi connectivity index (χ0v) is 11.7. The number of aliphatic hydroxyl groups is 1. The first-order valence-corrected chi connectivity index (χ1v) is 7.69. The lowest BCUT2D eigenvalue weighted by molar-refractivity contribution is 0.0484. The quantitative estimate of drug-likeness (QED) is 0.888. The van der Waals surface area contributed by atoms with Gasteiger partial charge in [-0.1, -0.05) is 12.1 Å². The molecule has 0 aromatic heterocycles. The van der Waals surface area contributed by atoms with Crippen molar-refractivity contribution in [1.29, 1.82) is 0 Å². The van der Waals surface area contributed by atoms with Gasteiger partial charge in [-0.3, -0.25) is 0 Å². The van der Waals surface area contributed by atoms with Crippen molar-refractivity contribution in [2.75, 3.05) is 11.5 Å². The summed E-state index contributed by atoms with van der Waals surface area (Å²) in [5.74, 6) is 1.81. The molecule has 94 valence electrons. The van der Waals surface area contributed by atoms with E-state index in [4.69, 9.17) is 0 Å². The van der Waals surface area contributed by atoms with E-state index in [1.807, 2.05) is 6.92 Å². The standard InChI is InChI=1S/C13H17FOS2/c1-12(15,10-5-3-6-11(14)9-10)13(2)16-7-4-8-17-13/h3,5-6,9,15H,4,7-8H2,1-2H3/t12-/m1/s1. The van der Waals surface area contributed by atoms with E-state index in [9.17, 15) is 9.50 Å². The largest absolute Gasteiger partial charge is 0.383 e. The van der Waals surface area contributed by atoms with Crippen LogP contribution in [0, 0.1) is 5.82 Å². The predicted octanol–water partition coefficient (Wildman–Crippen LogP) is 3.62. The van der Waals surface area contributed by atoms with Crippen LogP contribution in [0.2, 0.25) is 0 Å². The van der Waals surface area contributed by atoms with Crippen LogP contribution in [0.25, 0.3) is 0 Å². The molecule has 2 rings (SSSR count). The highest BCUT2D eigenvalue weighted by Crippen LogP contribution is 2.52. The first-order valence-electron chi connectivity index (χ1n) is 5.72. The second-order valence-electron chi connectivity index (χ2n) is 4.58. The molecule has 4 heteroatoms. The minimum Gasteiger partial charge on any atom is -0.383 e. The fraction of sp³-hybridized carbons (Fsp3) is 0.538. The summed E-state index contributed by atoms with van der Waals surface area (Å²) in [5.41, 5.74) is -0.368. The van der Waals surface area contributed by atoms with Crippen LogP contribution in [0.5, 0.6) is 0 Å². The summed E-state index contributed by atoms with van der Waals surface area (Å²) in [6.07, 6.45) is 1.17. The predicted molar refractivity (Wildman–Crippen MR) is 73.9 cm³/mol. The Kier molecular flexibility index (Phi) is 3.76. The second-order valence-corrected chi connectivity index (χ2v) is 7.86. The van der Waals surface area contributed by atoms with Crippen LogP contribution in [0.3, 0.4) is 0 Å². The molecule has 0 spiro atoms. The molecule has 0 amide bonds. The lowest BCUT2D eigenvalue weighted by Crippen LogP contribution is -2.44. The monoisotopic (exact) mass is 272 g/mol. The maximum atomic E-state index is 13.3. The van der Waals surface area contributed by atoms with Gasteiger partial charge >= 0.3 is 0 Å². The number of thioether (sulfide) groups is 2. The van der Waals surface area contributed by atoms with E-state index in [-0.39, 0.29) is 9.90 Å². The lowest BCUT2D eigenvalue weighted by Gasteiger charge is -2.44. The van der Waals surface area contributed by atoms with Crippen molar-refractivity contribution in [3.63, 3.8) is 0 Å². The number of rotatable bonds is 2. The first-order chi connectivity index (χ1) is 7.96. The van der Waals surface area contributed by atoms with Crippen LogP contribution < -0.4 is 0 Å². The van der Waals surface area contributed by atoms with Crippen LogP contribution in [0.1, 0.15) is 25.8 Å². The van der Waals surface area contributed by atoms with Gasteiger partial charge in [0.05, 0.1) is 4.08 Å². The van der Waals surface area contributed by atoms with Crippen LogP contribution in [0.15, 0.2) is 24.3 Å². The SMILES string of the molecule is CC1([C@](C)(O)c2cccc(F)c2)SCCCS1. The normalized spacial score (nSPS) is 23.1. The van der Waals surface area contributed by atoms with E-state index in [2.05, 4.69) is 0 Å². The van der Waals surface area contributed by atoms with E-state index in [0.717, 1.165) is 11.5 Å². The third-order valence-corrected chi connectivity index (χ3v) is 6.90. The molecule has 0 saturated carbocycles. The van der Waals surface area contributed by atoms with Crippen molar-refractivity contribution in [2.45, 2.75) is 29.9 Å². The Balaban J connectivity index is 2.34. The molecule has 1 N–H and O–H groups in total. The van der Waals surface area contributed by atoms with Crippen molar-refractivity contribution in [3.05, 3.63) is 35.6 Å². The van der Waals surface area contributed by atoms with Gasteiger partial charge < -0.3 is 5.11 Å². The molecule has 0 unspecified atom stereocenters. The maximum absolute atomic E-state index is 13.3. The Morgan fingerprint density at radius 3 is 2.59 bits per heavy atom. The highest BCUT2D eigenvalue weighted by Gasteiger charge is 2.46. The van der Waals surface area contributed by atoms with E-state index in [0.29, 0.717) is 5.56 Å². The van der Waals surface area contributed by atoms with Crippen LogP contribution in [-0.2, 0) is 5.60 Å². The molecule has 1 aliphatic rings. The van der Waals surface area contributed by atoms with Crippen molar-refractivity contribution < 1.29 is 9.50 Å². The molecule has 1 aromatic rings. The molecule has 1 heterocycles. The number of hydrogen-bond acceptors (Lipinski definition) is 3. The van der Waals surface area contributed by atoms with Crippen LogP contribution in [0.4, 0.5) is 4.39 Å². The van der Waals surface area contributed by atoms with Crippen molar-refractivity contribution in [3.8, 4) is 0 Å². The Morgan fingerprint density at radius 2 is 2.00 bits per heavy atom. The molecule has 1 saturated heterocycles. The van der Waals surface area contributed by atoms with Gasteiger partial charge in [-0.2, -0.15) is 0 Å². The van der Waals surface area contributed by atoms with Crippen molar-refractivity contribution >= 4 is 23.5 Å². The summed E-state index contributed by atoms with van der Waals surface area (Å²) in [7, 11) is 0. The van der Waals surface area contributed by atoms with E-state index in [1.54, 1.807) is 42.6 Å². The molecule has 1 nitrogen and oxygen atoms in total. The summed E-state index contributed by atoms with van der Waals surface area (Å²) in [6.45, 7) is 3.83. The van der Waals surface area contributed by atoms with Gasteiger partial charge in [-0.25, -0.2) is 4.39 Å². The van der Waals surface area contributed by atoms with Gasteiger partial charge in [0.25, 0.3) is 0 Å². The molecule has 1 aliphatic heterocycles. The van der Waals surface area contributed by atoms with Gasteiger partial charge in [0, 0.05) is 0 Å². The van der Waals surface area contributed by atoms with Crippen molar-refractivity contribution in [1.82, 2.24) is 0 Å². The van der Waals surface area contributed by atoms with Crippen molar-refractivity contribution in [2.24, 2.45) is 0 Å². The lowest BCUT2D eigenvalue weighted by atomic mass is 9.92. The topological polar surface area (TPSA) is 20.2 Å². The van der Waals surface area contributed by atoms with Gasteiger partial charge in [0.2, 0.25) is 0 Å². The summed E-state index contributed by atoms with van der Waals surface area (Å²) in [5, 5.41) is 10.8. The number of halogens is 1. The summed E-state index contributed by atoms with van der Waals surface area (Å²) in [6, 6.07) is 6.29. The smallest absolute Gasteiger partial charge is 0.123 e. The Morgan fingerprint density at radius 1 is 1.35 bits per heavy atom. The van der Waals surface area contributed by atoms with Gasteiger partial charge in [0.15, 0.2) is 0 Å². The molecule has 1 fully saturated rings. The van der Waals surface area contributed by atoms with E-state index in [1.165, 1.54) is 18.6 Å². The van der Waals surface area contributed by atoms with Gasteiger partial charge in [-0.15, -0.1) is 23.5 Å². The summed E-state index contributed by atoms with van der Waals surface area (Å²) in [4.78, 5) is 0. The highest BCUT2D eigenvalue weighted by atomic mass is 32.2. The minimum absolute atomic E-state index is 0.294. The number of benzene rings is 1. The third-order valence-electron chi connectivity index (χ3n) is 3.31. The first kappa shape index (κ1) is 13.2. The average molecular weight is 272 g/mol.